The molecule has 2 N–H and O–H groups in total. The number of hydrogen-bond donors (Lipinski definition) is 2. The quantitative estimate of drug-likeness (QED) is 0.243. The van der Waals surface area contributed by atoms with Crippen LogP contribution in [0.3, 0.4) is 0 Å². The van der Waals surface area contributed by atoms with Crippen LogP contribution in [0.15, 0.2) is 30.3 Å². The summed E-state index contributed by atoms with van der Waals surface area (Å²) in [5.74, 6) is -0.678. The standard InChI is InChI=1S/C25H42O4/c26-21-15-8-7-13-19-24(29-22-23-16-10-9-11-17-23)18-12-5-3-1-2-4-6-14-20-25(27)28/h9-11,16-17,24,26H,1-8,12-15,18-22H2,(H,27,28). The Kier molecular flexibility index (Phi) is 16.5. The zero-order valence-corrected chi connectivity index (χ0v) is 18.2. The highest BCUT2D eigenvalue weighted by atomic mass is 16.5. The number of ether oxygens (including phenoxy) is 1. The van der Waals surface area contributed by atoms with Gasteiger partial charge in [0.15, 0.2) is 0 Å². The van der Waals surface area contributed by atoms with Gasteiger partial charge in [-0.15, -0.1) is 0 Å². The van der Waals surface area contributed by atoms with E-state index in [-0.39, 0.29) is 0 Å². The maximum atomic E-state index is 10.5. The molecule has 0 aliphatic heterocycles. The summed E-state index contributed by atoms with van der Waals surface area (Å²) in [6, 6.07) is 10.4. The average molecular weight is 407 g/mol. The molecule has 0 radical (unpaired) electrons. The van der Waals surface area contributed by atoms with Crippen molar-refractivity contribution in [3.8, 4) is 0 Å². The molecule has 0 fully saturated rings. The number of aliphatic hydroxyl groups is 1. The van der Waals surface area contributed by atoms with E-state index in [1.807, 2.05) is 6.07 Å². The summed E-state index contributed by atoms with van der Waals surface area (Å²) in [7, 11) is 0. The highest BCUT2D eigenvalue weighted by Crippen LogP contribution is 2.18. The van der Waals surface area contributed by atoms with Gasteiger partial charge < -0.3 is 14.9 Å². The third-order valence-electron chi connectivity index (χ3n) is 5.43. The fourth-order valence-electron chi connectivity index (χ4n) is 3.65. The van der Waals surface area contributed by atoms with Gasteiger partial charge in [0.05, 0.1) is 12.7 Å². The first-order valence-corrected chi connectivity index (χ1v) is 11.7. The van der Waals surface area contributed by atoms with Gasteiger partial charge in [0.1, 0.15) is 0 Å². The Balaban J connectivity index is 2.13. The van der Waals surface area contributed by atoms with Crippen molar-refractivity contribution in [2.75, 3.05) is 6.61 Å². The summed E-state index contributed by atoms with van der Waals surface area (Å²) in [5.41, 5.74) is 1.24. The average Bonchev–Trinajstić information content (AvgIpc) is 2.73. The minimum atomic E-state index is -0.678. The molecule has 0 saturated heterocycles. The Morgan fingerprint density at radius 2 is 1.28 bits per heavy atom. The van der Waals surface area contributed by atoms with Crippen molar-refractivity contribution in [3.05, 3.63) is 35.9 Å². The Hall–Kier alpha value is -1.39. The van der Waals surface area contributed by atoms with E-state index >= 15 is 0 Å². The second-order valence-corrected chi connectivity index (χ2v) is 8.11. The van der Waals surface area contributed by atoms with Crippen LogP contribution in [-0.4, -0.2) is 28.9 Å². The SMILES string of the molecule is O=C(O)CCCCCCCCCCC(CCCCCCO)OCc1ccccc1. The molecule has 0 aromatic heterocycles. The summed E-state index contributed by atoms with van der Waals surface area (Å²) in [5, 5.41) is 17.5. The lowest BCUT2D eigenvalue weighted by molar-refractivity contribution is -0.137. The van der Waals surface area contributed by atoms with Crippen molar-refractivity contribution >= 4 is 5.97 Å². The van der Waals surface area contributed by atoms with E-state index in [9.17, 15) is 4.79 Å². The van der Waals surface area contributed by atoms with Gasteiger partial charge in [0, 0.05) is 13.0 Å². The summed E-state index contributed by atoms with van der Waals surface area (Å²) in [6.07, 6.45) is 16.5. The summed E-state index contributed by atoms with van der Waals surface area (Å²) in [4.78, 5) is 10.5. The van der Waals surface area contributed by atoms with Crippen LogP contribution in [0.25, 0.3) is 0 Å². The maximum Gasteiger partial charge on any atom is 0.303 e. The highest BCUT2D eigenvalue weighted by molar-refractivity contribution is 5.66. The first-order chi connectivity index (χ1) is 14.2. The van der Waals surface area contributed by atoms with Crippen molar-refractivity contribution in [3.63, 3.8) is 0 Å². The summed E-state index contributed by atoms with van der Waals surface area (Å²) >= 11 is 0. The van der Waals surface area contributed by atoms with E-state index in [0.29, 0.717) is 25.7 Å². The van der Waals surface area contributed by atoms with Crippen LogP contribution < -0.4 is 0 Å². The predicted molar refractivity (Wildman–Crippen MR) is 119 cm³/mol. The molecule has 0 amide bonds. The third-order valence-corrected chi connectivity index (χ3v) is 5.43. The van der Waals surface area contributed by atoms with Gasteiger partial charge >= 0.3 is 5.97 Å². The van der Waals surface area contributed by atoms with Gasteiger partial charge in [-0.3, -0.25) is 4.79 Å². The topological polar surface area (TPSA) is 66.8 Å². The number of carboxylic acids is 1. The molecule has 4 nitrogen and oxygen atoms in total. The van der Waals surface area contributed by atoms with E-state index in [1.165, 1.54) is 50.5 Å². The van der Waals surface area contributed by atoms with Gasteiger partial charge in [0.2, 0.25) is 0 Å². The number of aliphatic hydroxyl groups excluding tert-OH is 1. The van der Waals surface area contributed by atoms with Crippen molar-refractivity contribution in [2.45, 2.75) is 109 Å². The maximum absolute atomic E-state index is 10.5. The van der Waals surface area contributed by atoms with Crippen LogP contribution in [0.5, 0.6) is 0 Å². The van der Waals surface area contributed by atoms with Gasteiger partial charge in [-0.05, 0) is 31.2 Å². The molecule has 0 aliphatic rings. The molecule has 1 atom stereocenters. The van der Waals surface area contributed by atoms with Crippen LogP contribution >= 0.6 is 0 Å². The molecule has 0 spiro atoms. The molecule has 1 aromatic rings. The monoisotopic (exact) mass is 406 g/mol. The smallest absolute Gasteiger partial charge is 0.303 e. The van der Waals surface area contributed by atoms with E-state index < -0.39 is 5.97 Å². The number of unbranched alkanes of at least 4 members (excludes halogenated alkanes) is 10. The Morgan fingerprint density at radius 1 is 0.759 bits per heavy atom. The number of carbonyl (C=O) groups is 1. The Bertz CT molecular complexity index is 489. The van der Waals surface area contributed by atoms with Crippen molar-refractivity contribution in [1.29, 1.82) is 0 Å². The molecule has 1 rings (SSSR count). The molecule has 29 heavy (non-hydrogen) atoms. The van der Waals surface area contributed by atoms with E-state index in [1.54, 1.807) is 0 Å². The Labute approximate surface area is 177 Å². The largest absolute Gasteiger partial charge is 0.481 e. The van der Waals surface area contributed by atoms with E-state index in [2.05, 4.69) is 24.3 Å². The molecular weight excluding hydrogens is 364 g/mol. The van der Waals surface area contributed by atoms with Gasteiger partial charge in [-0.25, -0.2) is 0 Å². The Morgan fingerprint density at radius 3 is 1.83 bits per heavy atom. The molecule has 166 valence electrons. The molecule has 0 heterocycles. The molecule has 0 bridgehead atoms. The van der Waals surface area contributed by atoms with E-state index in [0.717, 1.165) is 44.9 Å². The number of aliphatic carboxylic acids is 1. The van der Waals surface area contributed by atoms with Crippen LogP contribution in [0, 0.1) is 0 Å². The van der Waals surface area contributed by atoms with Crippen molar-refractivity contribution in [1.82, 2.24) is 0 Å². The molecule has 1 unspecified atom stereocenters. The van der Waals surface area contributed by atoms with Crippen molar-refractivity contribution in [2.24, 2.45) is 0 Å². The number of carboxylic acid groups (broad SMARTS) is 1. The van der Waals surface area contributed by atoms with Crippen LogP contribution in [0.4, 0.5) is 0 Å². The van der Waals surface area contributed by atoms with Crippen LogP contribution in [0.2, 0.25) is 0 Å². The number of benzene rings is 1. The highest BCUT2D eigenvalue weighted by Gasteiger charge is 2.09. The minimum absolute atomic E-state index is 0.299. The predicted octanol–water partition coefficient (Wildman–Crippen LogP) is 6.50. The fourth-order valence-corrected chi connectivity index (χ4v) is 3.65. The van der Waals surface area contributed by atoms with Crippen LogP contribution in [-0.2, 0) is 16.1 Å². The van der Waals surface area contributed by atoms with E-state index in [4.69, 9.17) is 14.9 Å². The normalized spacial score (nSPS) is 12.2. The van der Waals surface area contributed by atoms with Gasteiger partial charge in [-0.2, -0.15) is 0 Å². The zero-order valence-electron chi connectivity index (χ0n) is 18.2. The van der Waals surface area contributed by atoms with Gasteiger partial charge in [0.25, 0.3) is 0 Å². The molecular formula is C25H42O4. The molecule has 0 saturated carbocycles. The fraction of sp³-hybridized carbons (Fsp3) is 0.720. The first kappa shape index (κ1) is 25.6. The second-order valence-electron chi connectivity index (χ2n) is 8.11. The lowest BCUT2D eigenvalue weighted by atomic mass is 10.0. The summed E-state index contributed by atoms with van der Waals surface area (Å²) < 4.78 is 6.23. The van der Waals surface area contributed by atoms with Gasteiger partial charge in [-0.1, -0.05) is 94.5 Å². The third kappa shape index (κ3) is 16.1. The molecule has 4 heteroatoms. The van der Waals surface area contributed by atoms with Crippen molar-refractivity contribution < 1.29 is 19.7 Å². The minimum Gasteiger partial charge on any atom is -0.481 e. The summed E-state index contributed by atoms with van der Waals surface area (Å²) in [6.45, 7) is 0.992. The lowest BCUT2D eigenvalue weighted by Crippen LogP contribution is -2.13. The molecule has 0 aliphatic carbocycles. The molecule has 1 aromatic carbocycles. The second kappa shape index (κ2) is 18.6. The lowest BCUT2D eigenvalue weighted by Gasteiger charge is -2.18. The zero-order chi connectivity index (χ0) is 21.0. The number of hydrogen-bond acceptors (Lipinski definition) is 3. The van der Waals surface area contributed by atoms with Crippen LogP contribution in [0.1, 0.15) is 102 Å². The first-order valence-electron chi connectivity index (χ1n) is 11.7. The number of rotatable bonds is 20.